The summed E-state index contributed by atoms with van der Waals surface area (Å²) in [7, 11) is 0. The highest BCUT2D eigenvalue weighted by Gasteiger charge is 2.11. The molecule has 0 radical (unpaired) electrons. The van der Waals surface area contributed by atoms with E-state index in [1.54, 1.807) is 0 Å². The smallest absolute Gasteiger partial charge is 0.227 e. The van der Waals surface area contributed by atoms with Gasteiger partial charge in [0, 0.05) is 24.9 Å². The zero-order chi connectivity index (χ0) is 23.6. The van der Waals surface area contributed by atoms with Crippen LogP contribution in [-0.4, -0.2) is 22.7 Å². The monoisotopic (exact) mass is 457 g/mol. The maximum Gasteiger partial charge on any atom is 0.227 e. The Bertz CT molecular complexity index is 1170. The van der Waals surface area contributed by atoms with E-state index in [-0.39, 0.29) is 12.3 Å². The first-order valence-electron chi connectivity index (χ1n) is 11.3. The average Bonchev–Trinajstić information content (AvgIpc) is 3.36. The molecule has 34 heavy (non-hydrogen) atoms. The van der Waals surface area contributed by atoms with Crippen molar-refractivity contribution in [2.45, 2.75) is 32.9 Å². The molecule has 0 atom stereocenters. The highest BCUT2D eigenvalue weighted by molar-refractivity contribution is 5.76. The van der Waals surface area contributed by atoms with Crippen LogP contribution in [0.1, 0.15) is 30.4 Å². The van der Waals surface area contributed by atoms with Gasteiger partial charge in [-0.3, -0.25) is 4.79 Å². The second-order valence-corrected chi connectivity index (χ2v) is 7.66. The normalized spacial score (nSPS) is 10.6. The van der Waals surface area contributed by atoms with E-state index in [4.69, 9.17) is 14.0 Å². The predicted molar refractivity (Wildman–Crippen MR) is 128 cm³/mol. The zero-order valence-electron chi connectivity index (χ0n) is 19.1. The molecular formula is C27H27N3O4. The summed E-state index contributed by atoms with van der Waals surface area (Å²) in [6, 6.07) is 25.2. The number of carbonyl (C=O) groups excluding carboxylic acids is 1. The van der Waals surface area contributed by atoms with Crippen molar-refractivity contribution >= 4 is 5.91 Å². The molecule has 1 heterocycles. The number of amides is 1. The molecule has 7 heteroatoms. The summed E-state index contributed by atoms with van der Waals surface area (Å²) >= 11 is 0. The summed E-state index contributed by atoms with van der Waals surface area (Å²) in [5, 5.41) is 6.94. The van der Waals surface area contributed by atoms with E-state index in [9.17, 15) is 4.79 Å². The van der Waals surface area contributed by atoms with Gasteiger partial charge < -0.3 is 19.3 Å². The third kappa shape index (κ3) is 6.68. The number of nitrogens with zero attached hydrogens (tertiary/aromatic N) is 2. The number of aromatic nitrogens is 2. The maximum atomic E-state index is 12.3. The van der Waals surface area contributed by atoms with Crippen molar-refractivity contribution in [3.63, 3.8) is 0 Å². The second-order valence-electron chi connectivity index (χ2n) is 7.66. The van der Waals surface area contributed by atoms with Crippen molar-refractivity contribution in [3.05, 3.63) is 95.9 Å². The number of para-hydroxylation sites is 1. The molecule has 0 saturated carbocycles. The van der Waals surface area contributed by atoms with E-state index in [2.05, 4.69) is 15.5 Å². The van der Waals surface area contributed by atoms with Gasteiger partial charge in [0.15, 0.2) is 0 Å². The summed E-state index contributed by atoms with van der Waals surface area (Å²) in [5.41, 5.74) is 2.92. The third-order valence-corrected chi connectivity index (χ3v) is 5.12. The van der Waals surface area contributed by atoms with Crippen LogP contribution in [0.5, 0.6) is 11.5 Å². The summed E-state index contributed by atoms with van der Waals surface area (Å²) in [6.07, 6.45) is 0.652. The fourth-order valence-electron chi connectivity index (χ4n) is 3.29. The first kappa shape index (κ1) is 23.0. The molecule has 0 bridgehead atoms. The Hall–Kier alpha value is -4.13. The van der Waals surface area contributed by atoms with Gasteiger partial charge in [-0.25, -0.2) is 0 Å². The van der Waals surface area contributed by atoms with Gasteiger partial charge in [-0.05, 0) is 54.4 Å². The first-order chi connectivity index (χ1) is 16.7. The van der Waals surface area contributed by atoms with Crippen LogP contribution in [0.15, 0.2) is 83.4 Å². The lowest BCUT2D eigenvalue weighted by atomic mass is 10.1. The van der Waals surface area contributed by atoms with Crippen LogP contribution in [0.3, 0.4) is 0 Å². The summed E-state index contributed by atoms with van der Waals surface area (Å²) in [6.45, 7) is 3.51. The fourth-order valence-corrected chi connectivity index (χ4v) is 3.29. The number of carbonyl (C=O) groups is 1. The van der Waals surface area contributed by atoms with Gasteiger partial charge >= 0.3 is 0 Å². The van der Waals surface area contributed by atoms with Crippen molar-refractivity contribution in [1.29, 1.82) is 0 Å². The fraction of sp³-hybridized carbons (Fsp3) is 0.222. The van der Waals surface area contributed by atoms with Gasteiger partial charge in [-0.2, -0.15) is 4.98 Å². The lowest BCUT2D eigenvalue weighted by Gasteiger charge is -2.08. The SMILES string of the molecule is CCOc1ccc(-c2noc(CCC(=O)NCc3ccc(COc4ccccc4)cc3)n2)cc1. The topological polar surface area (TPSA) is 86.5 Å². The molecule has 174 valence electrons. The van der Waals surface area contributed by atoms with Crippen molar-refractivity contribution in [2.75, 3.05) is 6.61 Å². The molecule has 0 fully saturated rings. The number of benzene rings is 3. The van der Waals surface area contributed by atoms with Crippen LogP contribution in [0.25, 0.3) is 11.4 Å². The second kappa shape index (κ2) is 11.7. The van der Waals surface area contributed by atoms with Gasteiger partial charge in [0.25, 0.3) is 0 Å². The summed E-state index contributed by atoms with van der Waals surface area (Å²) < 4.78 is 16.5. The van der Waals surface area contributed by atoms with Gasteiger partial charge in [0.05, 0.1) is 6.61 Å². The molecular weight excluding hydrogens is 430 g/mol. The maximum absolute atomic E-state index is 12.3. The van der Waals surface area contributed by atoms with Crippen molar-refractivity contribution in [2.24, 2.45) is 0 Å². The van der Waals surface area contributed by atoms with Crippen molar-refractivity contribution in [3.8, 4) is 22.9 Å². The molecule has 7 nitrogen and oxygen atoms in total. The van der Waals surface area contributed by atoms with Crippen LogP contribution >= 0.6 is 0 Å². The molecule has 0 aliphatic carbocycles. The van der Waals surface area contributed by atoms with Crippen LogP contribution in [0.2, 0.25) is 0 Å². The molecule has 0 saturated heterocycles. The van der Waals surface area contributed by atoms with Crippen LogP contribution in [0.4, 0.5) is 0 Å². The molecule has 4 aromatic rings. The highest BCUT2D eigenvalue weighted by atomic mass is 16.5. The standard InChI is InChI=1S/C27H27N3O4/c1-2-32-24-14-12-22(13-15-24)27-29-26(34-30-27)17-16-25(31)28-18-20-8-10-21(11-9-20)19-33-23-6-4-3-5-7-23/h3-15H,2,16-19H2,1H3,(H,28,31). The minimum atomic E-state index is -0.0719. The minimum Gasteiger partial charge on any atom is -0.494 e. The number of ether oxygens (including phenoxy) is 2. The third-order valence-electron chi connectivity index (χ3n) is 5.12. The number of aryl methyl sites for hydroxylation is 1. The molecule has 0 aliphatic heterocycles. The molecule has 3 aromatic carbocycles. The van der Waals surface area contributed by atoms with Crippen LogP contribution < -0.4 is 14.8 Å². The largest absolute Gasteiger partial charge is 0.494 e. The Morgan fingerprint density at radius 2 is 1.59 bits per heavy atom. The Balaban J connectivity index is 1.19. The summed E-state index contributed by atoms with van der Waals surface area (Å²) in [5.74, 6) is 2.49. The molecule has 0 spiro atoms. The molecule has 1 aromatic heterocycles. The lowest BCUT2D eigenvalue weighted by Crippen LogP contribution is -2.23. The Kier molecular flexibility index (Phi) is 7.90. The van der Waals surface area contributed by atoms with Crippen molar-refractivity contribution in [1.82, 2.24) is 15.5 Å². The molecule has 4 rings (SSSR count). The van der Waals surface area contributed by atoms with E-state index >= 15 is 0 Å². The minimum absolute atomic E-state index is 0.0719. The van der Waals surface area contributed by atoms with E-state index < -0.39 is 0 Å². The molecule has 1 amide bonds. The Labute approximate surface area is 198 Å². The Morgan fingerprint density at radius 1 is 0.882 bits per heavy atom. The average molecular weight is 458 g/mol. The number of hydrogen-bond acceptors (Lipinski definition) is 6. The van der Waals surface area contributed by atoms with Gasteiger partial charge in [0.1, 0.15) is 18.1 Å². The van der Waals surface area contributed by atoms with Gasteiger partial charge in [-0.1, -0.05) is 47.6 Å². The zero-order valence-corrected chi connectivity index (χ0v) is 19.1. The molecule has 1 N–H and O–H groups in total. The summed E-state index contributed by atoms with van der Waals surface area (Å²) in [4.78, 5) is 16.6. The predicted octanol–water partition coefficient (Wildman–Crippen LogP) is 4.96. The number of hydrogen-bond donors (Lipinski definition) is 1. The molecule has 0 aliphatic rings. The van der Waals surface area contributed by atoms with E-state index in [1.807, 2.05) is 85.8 Å². The van der Waals surface area contributed by atoms with Crippen LogP contribution in [0, 0.1) is 0 Å². The quantitative estimate of drug-likeness (QED) is 0.342. The van der Waals surface area contributed by atoms with E-state index in [0.29, 0.717) is 37.9 Å². The van der Waals surface area contributed by atoms with Crippen molar-refractivity contribution < 1.29 is 18.8 Å². The lowest BCUT2D eigenvalue weighted by molar-refractivity contribution is -0.121. The first-order valence-corrected chi connectivity index (χ1v) is 11.3. The van der Waals surface area contributed by atoms with Gasteiger partial charge in [0.2, 0.25) is 17.6 Å². The highest BCUT2D eigenvalue weighted by Crippen LogP contribution is 2.20. The van der Waals surface area contributed by atoms with E-state index in [1.165, 1.54) is 0 Å². The number of nitrogens with one attached hydrogen (secondary N) is 1. The van der Waals surface area contributed by atoms with Gasteiger partial charge in [-0.15, -0.1) is 0 Å². The van der Waals surface area contributed by atoms with E-state index in [0.717, 1.165) is 28.2 Å². The molecule has 0 unspecified atom stereocenters. The van der Waals surface area contributed by atoms with Crippen LogP contribution in [-0.2, 0) is 24.4 Å². The Morgan fingerprint density at radius 3 is 2.32 bits per heavy atom. The number of rotatable bonds is 11.